The second-order valence-corrected chi connectivity index (χ2v) is 8.60. The van der Waals surface area contributed by atoms with Gasteiger partial charge in [-0.05, 0) is 41.5 Å². The zero-order valence-corrected chi connectivity index (χ0v) is 18.5. The van der Waals surface area contributed by atoms with Gasteiger partial charge in [0, 0.05) is 36.2 Å². The highest BCUT2D eigenvalue weighted by atomic mass is 35.5. The van der Waals surface area contributed by atoms with Crippen LogP contribution < -0.4 is 0 Å². The van der Waals surface area contributed by atoms with E-state index in [0.717, 1.165) is 18.1 Å². The fraction of sp³-hybridized carbons (Fsp3) is 0.208. The molecule has 1 saturated heterocycles. The lowest BCUT2D eigenvalue weighted by Crippen LogP contribution is -2.49. The number of hydrogen-bond acceptors (Lipinski definition) is 2. The van der Waals surface area contributed by atoms with Crippen molar-refractivity contribution < 1.29 is 4.79 Å². The minimum atomic E-state index is -0.0564. The molecule has 0 N–H and O–H groups in total. The van der Waals surface area contributed by atoms with E-state index < -0.39 is 0 Å². The van der Waals surface area contributed by atoms with E-state index in [0.29, 0.717) is 28.7 Å². The monoisotopic (exact) mass is 458 g/mol. The Morgan fingerprint density at radius 1 is 0.733 bits per heavy atom. The lowest BCUT2D eigenvalue weighted by Gasteiger charge is -2.40. The molecule has 0 bridgehead atoms. The van der Waals surface area contributed by atoms with Crippen molar-refractivity contribution in [3.05, 3.63) is 105 Å². The summed E-state index contributed by atoms with van der Waals surface area (Å²) in [4.78, 5) is 17.2. The first kappa shape index (κ1) is 21.2. The van der Waals surface area contributed by atoms with Crippen molar-refractivity contribution in [2.24, 2.45) is 0 Å². The summed E-state index contributed by atoms with van der Waals surface area (Å²) in [5.41, 5.74) is 2.90. The molecule has 1 amide bonds. The van der Waals surface area contributed by atoms with Crippen molar-refractivity contribution in [3.8, 4) is 0 Å². The maximum Gasteiger partial charge on any atom is 0.255 e. The third-order valence-corrected chi connectivity index (χ3v) is 6.23. The molecule has 154 valence electrons. The van der Waals surface area contributed by atoms with Crippen molar-refractivity contribution >= 4 is 40.7 Å². The van der Waals surface area contributed by atoms with E-state index in [2.05, 4.69) is 41.3 Å². The van der Waals surface area contributed by atoms with Crippen LogP contribution in [0.5, 0.6) is 0 Å². The SMILES string of the molecule is O=C(c1ccc(Cl)cc1Cl)N1CCN([C@@H](c2ccccc2)c2ccc(Cl)cc2)CC1. The Labute approximate surface area is 191 Å². The molecule has 3 aromatic rings. The molecule has 3 aromatic carbocycles. The summed E-state index contributed by atoms with van der Waals surface area (Å²) >= 11 is 18.3. The van der Waals surface area contributed by atoms with Gasteiger partial charge in [-0.15, -0.1) is 0 Å². The number of carbonyl (C=O) groups excluding carboxylic acids is 1. The minimum absolute atomic E-state index is 0.0564. The Balaban J connectivity index is 1.53. The third-order valence-electron chi connectivity index (χ3n) is 5.43. The summed E-state index contributed by atoms with van der Waals surface area (Å²) in [6.45, 7) is 2.79. The van der Waals surface area contributed by atoms with Crippen LogP contribution in [0.15, 0.2) is 72.8 Å². The summed E-state index contributed by atoms with van der Waals surface area (Å²) < 4.78 is 0. The Hall–Kier alpha value is -2.04. The van der Waals surface area contributed by atoms with Crippen molar-refractivity contribution in [1.82, 2.24) is 9.80 Å². The second-order valence-electron chi connectivity index (χ2n) is 7.32. The molecule has 4 rings (SSSR count). The molecule has 0 saturated carbocycles. The van der Waals surface area contributed by atoms with Gasteiger partial charge >= 0.3 is 0 Å². The highest BCUT2D eigenvalue weighted by Gasteiger charge is 2.29. The van der Waals surface area contributed by atoms with Gasteiger partial charge in [-0.3, -0.25) is 9.69 Å². The fourth-order valence-electron chi connectivity index (χ4n) is 3.91. The Kier molecular flexibility index (Phi) is 6.64. The van der Waals surface area contributed by atoms with Crippen LogP contribution >= 0.6 is 34.8 Å². The first-order chi connectivity index (χ1) is 14.5. The van der Waals surface area contributed by atoms with Crippen LogP contribution in [0.25, 0.3) is 0 Å². The predicted octanol–water partition coefficient (Wildman–Crippen LogP) is 6.19. The smallest absolute Gasteiger partial charge is 0.255 e. The standard InChI is InChI=1S/C24H21Cl3N2O/c25-19-8-6-18(7-9-19)23(17-4-2-1-3-5-17)28-12-14-29(15-13-28)24(30)21-11-10-20(26)16-22(21)27/h1-11,16,23H,12-15H2/t23-/m0/s1. The Bertz CT molecular complexity index is 1020. The van der Waals surface area contributed by atoms with Gasteiger partial charge in [0.15, 0.2) is 0 Å². The number of hydrogen-bond donors (Lipinski definition) is 0. The molecule has 0 aliphatic carbocycles. The van der Waals surface area contributed by atoms with E-state index in [-0.39, 0.29) is 11.9 Å². The molecule has 6 heteroatoms. The van der Waals surface area contributed by atoms with Crippen LogP contribution in [-0.2, 0) is 0 Å². The molecule has 0 radical (unpaired) electrons. The van der Waals surface area contributed by atoms with E-state index in [1.54, 1.807) is 18.2 Å². The lowest BCUT2D eigenvalue weighted by atomic mass is 9.96. The number of piperazine rings is 1. The molecule has 1 aliphatic heterocycles. The summed E-state index contributed by atoms with van der Waals surface area (Å²) in [6, 6.07) is 23.5. The topological polar surface area (TPSA) is 23.6 Å². The van der Waals surface area contributed by atoms with Gasteiger partial charge in [-0.2, -0.15) is 0 Å². The van der Waals surface area contributed by atoms with Crippen molar-refractivity contribution in [2.45, 2.75) is 6.04 Å². The maximum absolute atomic E-state index is 13.0. The average Bonchev–Trinajstić information content (AvgIpc) is 2.76. The van der Waals surface area contributed by atoms with Crippen LogP contribution in [0, 0.1) is 0 Å². The van der Waals surface area contributed by atoms with E-state index in [1.807, 2.05) is 23.1 Å². The molecular weight excluding hydrogens is 439 g/mol. The van der Waals surface area contributed by atoms with Crippen LogP contribution in [0.4, 0.5) is 0 Å². The molecule has 1 heterocycles. The molecule has 0 aromatic heterocycles. The quantitative estimate of drug-likeness (QED) is 0.464. The summed E-state index contributed by atoms with van der Waals surface area (Å²) in [7, 11) is 0. The molecule has 0 unspecified atom stereocenters. The van der Waals surface area contributed by atoms with Gasteiger partial charge in [0.2, 0.25) is 0 Å². The van der Waals surface area contributed by atoms with E-state index in [4.69, 9.17) is 34.8 Å². The molecule has 1 fully saturated rings. The summed E-state index contributed by atoms with van der Waals surface area (Å²) in [6.07, 6.45) is 0. The predicted molar refractivity (Wildman–Crippen MR) is 124 cm³/mol. The molecular formula is C24H21Cl3N2O. The fourth-order valence-corrected chi connectivity index (χ4v) is 4.53. The van der Waals surface area contributed by atoms with E-state index >= 15 is 0 Å². The van der Waals surface area contributed by atoms with E-state index in [9.17, 15) is 4.79 Å². The summed E-state index contributed by atoms with van der Waals surface area (Å²) in [5.74, 6) is -0.0564. The second kappa shape index (κ2) is 9.40. The number of amides is 1. The van der Waals surface area contributed by atoms with Crippen molar-refractivity contribution in [2.75, 3.05) is 26.2 Å². The first-order valence-corrected chi connectivity index (χ1v) is 10.9. The van der Waals surface area contributed by atoms with Gasteiger partial charge < -0.3 is 4.90 Å². The van der Waals surface area contributed by atoms with Crippen LogP contribution in [0.2, 0.25) is 15.1 Å². The normalized spacial score (nSPS) is 15.8. The Morgan fingerprint density at radius 3 is 1.97 bits per heavy atom. The zero-order chi connectivity index (χ0) is 21.1. The first-order valence-electron chi connectivity index (χ1n) is 9.82. The molecule has 1 atom stereocenters. The third kappa shape index (κ3) is 4.65. The number of benzene rings is 3. The van der Waals surface area contributed by atoms with Gasteiger partial charge in [0.1, 0.15) is 0 Å². The van der Waals surface area contributed by atoms with Gasteiger partial charge in [-0.1, -0.05) is 77.3 Å². The number of carbonyl (C=O) groups is 1. The Morgan fingerprint density at radius 2 is 1.33 bits per heavy atom. The molecule has 1 aliphatic rings. The molecule has 3 nitrogen and oxygen atoms in total. The van der Waals surface area contributed by atoms with E-state index in [1.165, 1.54) is 11.1 Å². The van der Waals surface area contributed by atoms with Crippen LogP contribution in [0.1, 0.15) is 27.5 Å². The van der Waals surface area contributed by atoms with Gasteiger partial charge in [0.25, 0.3) is 5.91 Å². The largest absolute Gasteiger partial charge is 0.336 e. The highest BCUT2D eigenvalue weighted by molar-refractivity contribution is 6.36. The van der Waals surface area contributed by atoms with Crippen LogP contribution in [0.3, 0.4) is 0 Å². The summed E-state index contributed by atoms with van der Waals surface area (Å²) in [5, 5.41) is 1.63. The van der Waals surface area contributed by atoms with Gasteiger partial charge in [-0.25, -0.2) is 0 Å². The molecule has 0 spiro atoms. The van der Waals surface area contributed by atoms with Crippen molar-refractivity contribution in [3.63, 3.8) is 0 Å². The highest BCUT2D eigenvalue weighted by Crippen LogP contribution is 2.31. The zero-order valence-electron chi connectivity index (χ0n) is 16.3. The lowest BCUT2D eigenvalue weighted by molar-refractivity contribution is 0.0597. The number of rotatable bonds is 4. The van der Waals surface area contributed by atoms with Crippen molar-refractivity contribution in [1.29, 1.82) is 0 Å². The number of nitrogens with zero attached hydrogens (tertiary/aromatic N) is 2. The maximum atomic E-state index is 13.0. The van der Waals surface area contributed by atoms with Gasteiger partial charge in [0.05, 0.1) is 16.6 Å². The average molecular weight is 460 g/mol. The minimum Gasteiger partial charge on any atom is -0.336 e. The molecule has 30 heavy (non-hydrogen) atoms. The van der Waals surface area contributed by atoms with Crippen LogP contribution in [-0.4, -0.2) is 41.9 Å². The number of halogens is 3.